The van der Waals surface area contributed by atoms with Crippen LogP contribution in [0.15, 0.2) is 21.9 Å². The number of nitrogens with zero attached hydrogens (tertiary/aromatic N) is 3. The van der Waals surface area contributed by atoms with Gasteiger partial charge in [0.1, 0.15) is 5.76 Å². The molecule has 2 aromatic rings. The van der Waals surface area contributed by atoms with E-state index in [-0.39, 0.29) is 12.3 Å². The first-order valence-electron chi connectivity index (χ1n) is 7.57. The van der Waals surface area contributed by atoms with Crippen molar-refractivity contribution in [3.8, 4) is 10.8 Å². The predicted octanol–water partition coefficient (Wildman–Crippen LogP) is 1.36. The van der Waals surface area contributed by atoms with E-state index >= 15 is 0 Å². The maximum atomic E-state index is 12.5. The highest BCUT2D eigenvalue weighted by Gasteiger charge is 2.27. The fourth-order valence-electron chi connectivity index (χ4n) is 2.62. The Morgan fingerprint density at radius 2 is 2.04 bits per heavy atom. The third-order valence-electron chi connectivity index (χ3n) is 4.00. The molecule has 0 radical (unpaired) electrons. The van der Waals surface area contributed by atoms with Crippen LogP contribution in [0.2, 0.25) is 0 Å². The van der Waals surface area contributed by atoms with Crippen LogP contribution in [0, 0.1) is 6.92 Å². The van der Waals surface area contributed by atoms with E-state index < -0.39 is 10.0 Å². The molecule has 0 unspecified atom stereocenters. The molecule has 0 N–H and O–H groups in total. The Morgan fingerprint density at radius 1 is 1.33 bits per heavy atom. The molecule has 0 atom stereocenters. The molecule has 3 heterocycles. The minimum atomic E-state index is -3.19. The Bertz CT molecular complexity index is 819. The molecule has 0 aliphatic carbocycles. The van der Waals surface area contributed by atoms with Crippen molar-refractivity contribution in [2.75, 3.05) is 32.4 Å². The van der Waals surface area contributed by atoms with E-state index in [0.29, 0.717) is 43.5 Å². The molecule has 1 amide bonds. The number of aromatic nitrogens is 1. The Morgan fingerprint density at radius 3 is 2.62 bits per heavy atom. The second kappa shape index (κ2) is 6.66. The first kappa shape index (κ1) is 17.1. The van der Waals surface area contributed by atoms with Crippen molar-refractivity contribution in [1.29, 1.82) is 0 Å². The fraction of sp³-hybridized carbons (Fsp3) is 0.467. The quantitative estimate of drug-likeness (QED) is 0.812. The molecule has 9 heteroatoms. The van der Waals surface area contributed by atoms with Crippen LogP contribution in [-0.4, -0.2) is 60.9 Å². The van der Waals surface area contributed by atoms with Gasteiger partial charge in [0.25, 0.3) is 0 Å². The summed E-state index contributed by atoms with van der Waals surface area (Å²) in [5.74, 6) is 1.12. The third kappa shape index (κ3) is 3.68. The molecule has 2 aromatic heterocycles. The van der Waals surface area contributed by atoms with Crippen molar-refractivity contribution in [2.24, 2.45) is 0 Å². The summed E-state index contributed by atoms with van der Waals surface area (Å²) >= 11 is 1.53. The molecule has 130 valence electrons. The zero-order chi connectivity index (χ0) is 17.3. The smallest absolute Gasteiger partial charge is 0.236 e. The van der Waals surface area contributed by atoms with Crippen LogP contribution < -0.4 is 0 Å². The number of sulfonamides is 1. The van der Waals surface area contributed by atoms with Gasteiger partial charge in [0.15, 0.2) is 0 Å². The van der Waals surface area contributed by atoms with Gasteiger partial charge in [-0.2, -0.15) is 4.31 Å². The Labute approximate surface area is 144 Å². The molecular weight excluding hydrogens is 350 g/mol. The number of rotatable bonds is 4. The van der Waals surface area contributed by atoms with Gasteiger partial charge in [0.2, 0.25) is 21.8 Å². The maximum Gasteiger partial charge on any atom is 0.236 e. The van der Waals surface area contributed by atoms with Crippen LogP contribution in [0.5, 0.6) is 0 Å². The lowest BCUT2D eigenvalue weighted by Gasteiger charge is -2.33. The zero-order valence-electron chi connectivity index (χ0n) is 13.6. The fourth-order valence-corrected chi connectivity index (χ4v) is 4.10. The van der Waals surface area contributed by atoms with Gasteiger partial charge in [0.05, 0.1) is 23.2 Å². The Hall–Kier alpha value is -1.71. The van der Waals surface area contributed by atoms with E-state index in [1.54, 1.807) is 11.8 Å². The number of carbonyl (C=O) groups excluding carboxylic acids is 1. The predicted molar refractivity (Wildman–Crippen MR) is 91.3 cm³/mol. The molecule has 0 saturated carbocycles. The molecule has 0 aromatic carbocycles. The van der Waals surface area contributed by atoms with E-state index in [4.69, 9.17) is 4.42 Å². The molecule has 3 rings (SSSR count). The van der Waals surface area contributed by atoms with Crippen LogP contribution in [0.25, 0.3) is 10.8 Å². The van der Waals surface area contributed by atoms with Crippen molar-refractivity contribution < 1.29 is 17.6 Å². The highest BCUT2D eigenvalue weighted by atomic mass is 32.2. The third-order valence-corrected chi connectivity index (χ3v) is 6.16. The number of amides is 1. The van der Waals surface area contributed by atoms with Crippen LogP contribution >= 0.6 is 11.3 Å². The largest absolute Gasteiger partial charge is 0.440 e. The number of thiophene rings is 1. The number of carbonyl (C=O) groups is 1. The highest BCUT2D eigenvalue weighted by Crippen LogP contribution is 2.26. The lowest BCUT2D eigenvalue weighted by Crippen LogP contribution is -2.50. The molecule has 0 bridgehead atoms. The molecule has 1 saturated heterocycles. The number of oxazole rings is 1. The van der Waals surface area contributed by atoms with Crippen molar-refractivity contribution in [1.82, 2.24) is 14.2 Å². The van der Waals surface area contributed by atoms with Crippen molar-refractivity contribution in [2.45, 2.75) is 13.3 Å². The van der Waals surface area contributed by atoms with Crippen LogP contribution in [0.3, 0.4) is 0 Å². The van der Waals surface area contributed by atoms with Gasteiger partial charge in [-0.15, -0.1) is 11.3 Å². The first-order valence-corrected chi connectivity index (χ1v) is 10.3. The summed E-state index contributed by atoms with van der Waals surface area (Å²) in [4.78, 5) is 19.5. The van der Waals surface area contributed by atoms with Crippen LogP contribution in [0.1, 0.15) is 11.5 Å². The highest BCUT2D eigenvalue weighted by molar-refractivity contribution is 7.88. The molecular formula is C15H19N3O4S2. The van der Waals surface area contributed by atoms with Gasteiger partial charge in [-0.3, -0.25) is 4.79 Å². The van der Waals surface area contributed by atoms with Gasteiger partial charge >= 0.3 is 0 Å². The summed E-state index contributed by atoms with van der Waals surface area (Å²) < 4.78 is 30.1. The SMILES string of the molecule is Cc1oc(-c2cccs2)nc1CC(=O)N1CCN(S(C)(=O)=O)CC1. The van der Waals surface area contributed by atoms with Gasteiger partial charge in [-0.05, 0) is 18.4 Å². The second-order valence-electron chi connectivity index (χ2n) is 5.72. The number of aryl methyl sites for hydroxylation is 1. The monoisotopic (exact) mass is 369 g/mol. The number of hydrogen-bond donors (Lipinski definition) is 0. The number of piperazine rings is 1. The summed E-state index contributed by atoms with van der Waals surface area (Å²) in [5, 5.41) is 1.95. The zero-order valence-corrected chi connectivity index (χ0v) is 15.2. The van der Waals surface area contributed by atoms with Gasteiger partial charge in [-0.1, -0.05) is 6.07 Å². The second-order valence-corrected chi connectivity index (χ2v) is 8.65. The van der Waals surface area contributed by atoms with Gasteiger partial charge in [0, 0.05) is 26.2 Å². The molecule has 1 aliphatic heterocycles. The Balaban J connectivity index is 1.64. The molecule has 24 heavy (non-hydrogen) atoms. The van der Waals surface area contributed by atoms with E-state index in [9.17, 15) is 13.2 Å². The molecule has 1 fully saturated rings. The van der Waals surface area contributed by atoms with E-state index in [1.807, 2.05) is 17.5 Å². The summed E-state index contributed by atoms with van der Waals surface area (Å²) in [5.41, 5.74) is 0.633. The van der Waals surface area contributed by atoms with E-state index in [2.05, 4.69) is 4.98 Å². The lowest BCUT2D eigenvalue weighted by atomic mass is 10.2. The van der Waals surface area contributed by atoms with E-state index in [1.165, 1.54) is 21.9 Å². The molecule has 7 nitrogen and oxygen atoms in total. The van der Waals surface area contributed by atoms with Crippen molar-refractivity contribution >= 4 is 27.3 Å². The summed E-state index contributed by atoms with van der Waals surface area (Å²) in [6, 6.07) is 3.84. The van der Waals surface area contributed by atoms with Crippen LogP contribution in [0.4, 0.5) is 0 Å². The van der Waals surface area contributed by atoms with E-state index in [0.717, 1.165) is 4.88 Å². The number of hydrogen-bond acceptors (Lipinski definition) is 6. The van der Waals surface area contributed by atoms with Crippen molar-refractivity contribution in [3.63, 3.8) is 0 Å². The summed E-state index contributed by atoms with van der Waals surface area (Å²) in [6.07, 6.45) is 1.36. The average Bonchev–Trinajstić information content (AvgIpc) is 3.17. The Kier molecular flexibility index (Phi) is 4.75. The topological polar surface area (TPSA) is 83.7 Å². The summed E-state index contributed by atoms with van der Waals surface area (Å²) in [6.45, 7) is 3.28. The maximum absolute atomic E-state index is 12.5. The van der Waals surface area contributed by atoms with Gasteiger partial charge < -0.3 is 9.32 Å². The minimum absolute atomic E-state index is 0.0581. The molecule has 0 spiro atoms. The normalized spacial score (nSPS) is 16.5. The standard InChI is InChI=1S/C15H19N3O4S2/c1-11-12(16-15(22-11)13-4-3-9-23-13)10-14(19)17-5-7-18(8-6-17)24(2,20)21/h3-4,9H,5-8,10H2,1-2H3. The summed E-state index contributed by atoms with van der Waals surface area (Å²) in [7, 11) is -3.19. The average molecular weight is 369 g/mol. The van der Waals surface area contributed by atoms with Crippen LogP contribution in [-0.2, 0) is 21.2 Å². The van der Waals surface area contributed by atoms with Gasteiger partial charge in [-0.25, -0.2) is 13.4 Å². The van der Waals surface area contributed by atoms with Crippen molar-refractivity contribution in [3.05, 3.63) is 29.0 Å². The first-order chi connectivity index (χ1) is 11.3. The minimum Gasteiger partial charge on any atom is -0.440 e. The lowest BCUT2D eigenvalue weighted by molar-refractivity contribution is -0.131. The molecule has 1 aliphatic rings.